The van der Waals surface area contributed by atoms with E-state index in [2.05, 4.69) is 5.32 Å². The number of alkyl halides is 1. The average molecular weight is 133 g/mol. The minimum atomic E-state index is -0.760. The van der Waals surface area contributed by atoms with Gasteiger partial charge >= 0.3 is 0 Å². The SMILES string of the molecule is C[C@H](O)[C@H]1C[C@H](F)CN1. The Morgan fingerprint density at radius 3 is 2.67 bits per heavy atom. The highest BCUT2D eigenvalue weighted by Gasteiger charge is 2.26. The number of rotatable bonds is 1. The maximum absolute atomic E-state index is 12.4. The molecule has 0 bridgehead atoms. The number of hydrogen-bond donors (Lipinski definition) is 2. The van der Waals surface area contributed by atoms with Crippen LogP contribution >= 0.6 is 0 Å². The van der Waals surface area contributed by atoms with Crippen LogP contribution in [0.25, 0.3) is 0 Å². The van der Waals surface area contributed by atoms with Crippen LogP contribution < -0.4 is 5.32 Å². The molecule has 9 heavy (non-hydrogen) atoms. The molecule has 1 aliphatic rings. The van der Waals surface area contributed by atoms with Gasteiger partial charge in [-0.2, -0.15) is 0 Å². The number of halogens is 1. The fourth-order valence-corrected chi connectivity index (χ4v) is 1.09. The van der Waals surface area contributed by atoms with Crippen LogP contribution in [-0.2, 0) is 0 Å². The second-order valence-electron chi connectivity index (χ2n) is 2.59. The highest BCUT2D eigenvalue weighted by Crippen LogP contribution is 2.12. The lowest BCUT2D eigenvalue weighted by atomic mass is 10.1. The zero-order chi connectivity index (χ0) is 6.85. The summed E-state index contributed by atoms with van der Waals surface area (Å²) in [4.78, 5) is 0. The third-order valence-corrected chi connectivity index (χ3v) is 1.69. The van der Waals surface area contributed by atoms with Crippen LogP contribution in [0.1, 0.15) is 13.3 Å². The van der Waals surface area contributed by atoms with Gasteiger partial charge < -0.3 is 10.4 Å². The molecule has 1 saturated heterocycles. The molecule has 3 atom stereocenters. The van der Waals surface area contributed by atoms with E-state index in [0.717, 1.165) is 0 Å². The molecule has 3 heteroatoms. The van der Waals surface area contributed by atoms with Crippen molar-refractivity contribution in [3.63, 3.8) is 0 Å². The van der Waals surface area contributed by atoms with E-state index in [0.29, 0.717) is 13.0 Å². The van der Waals surface area contributed by atoms with Gasteiger partial charge in [-0.05, 0) is 13.3 Å². The Morgan fingerprint density at radius 2 is 2.44 bits per heavy atom. The van der Waals surface area contributed by atoms with Crippen LogP contribution in [-0.4, -0.2) is 30.0 Å². The standard InChI is InChI=1S/C6H12FNO/c1-4(9)6-2-5(7)3-8-6/h4-6,8-9H,2-3H2,1H3/t4-,5-,6+/m0/s1. The maximum atomic E-state index is 12.4. The summed E-state index contributed by atoms with van der Waals surface area (Å²) >= 11 is 0. The zero-order valence-electron chi connectivity index (χ0n) is 5.47. The van der Waals surface area contributed by atoms with Crippen LogP contribution in [0.5, 0.6) is 0 Å². The minimum Gasteiger partial charge on any atom is -0.392 e. The van der Waals surface area contributed by atoms with E-state index in [-0.39, 0.29) is 6.04 Å². The van der Waals surface area contributed by atoms with Crippen molar-refractivity contribution in [2.75, 3.05) is 6.54 Å². The number of aliphatic hydroxyl groups excluding tert-OH is 1. The molecule has 0 aromatic heterocycles. The van der Waals surface area contributed by atoms with Gasteiger partial charge in [0, 0.05) is 12.6 Å². The van der Waals surface area contributed by atoms with Gasteiger partial charge in [-0.1, -0.05) is 0 Å². The molecule has 0 saturated carbocycles. The molecule has 54 valence electrons. The van der Waals surface area contributed by atoms with E-state index in [1.165, 1.54) is 0 Å². The third-order valence-electron chi connectivity index (χ3n) is 1.69. The topological polar surface area (TPSA) is 32.3 Å². The molecule has 0 spiro atoms. The first kappa shape index (κ1) is 6.96. The molecule has 0 aliphatic carbocycles. The summed E-state index contributed by atoms with van der Waals surface area (Å²) in [6, 6.07) is -0.0278. The van der Waals surface area contributed by atoms with E-state index < -0.39 is 12.3 Å². The summed E-state index contributed by atoms with van der Waals surface area (Å²) < 4.78 is 12.4. The molecule has 2 nitrogen and oxygen atoms in total. The summed E-state index contributed by atoms with van der Waals surface area (Å²) in [5.74, 6) is 0. The van der Waals surface area contributed by atoms with Crippen molar-refractivity contribution in [3.05, 3.63) is 0 Å². The lowest BCUT2D eigenvalue weighted by Crippen LogP contribution is -2.32. The first-order valence-corrected chi connectivity index (χ1v) is 3.25. The maximum Gasteiger partial charge on any atom is 0.114 e. The van der Waals surface area contributed by atoms with Gasteiger partial charge in [-0.3, -0.25) is 0 Å². The van der Waals surface area contributed by atoms with Crippen LogP contribution in [0.15, 0.2) is 0 Å². The molecule has 0 unspecified atom stereocenters. The largest absolute Gasteiger partial charge is 0.392 e. The van der Waals surface area contributed by atoms with Crippen molar-refractivity contribution >= 4 is 0 Å². The molecule has 0 radical (unpaired) electrons. The van der Waals surface area contributed by atoms with Gasteiger partial charge in [0.05, 0.1) is 6.10 Å². The molecule has 0 amide bonds. The number of nitrogens with one attached hydrogen (secondary N) is 1. The highest BCUT2D eigenvalue weighted by molar-refractivity contribution is 4.84. The summed E-state index contributed by atoms with van der Waals surface area (Å²) in [5.41, 5.74) is 0. The Balaban J connectivity index is 2.30. The molecule has 1 heterocycles. The van der Waals surface area contributed by atoms with Crippen LogP contribution in [0.2, 0.25) is 0 Å². The van der Waals surface area contributed by atoms with E-state index in [4.69, 9.17) is 5.11 Å². The average Bonchev–Trinajstić information content (AvgIpc) is 2.14. The predicted octanol–water partition coefficient (Wildman–Crippen LogP) is 0.0672. The predicted molar refractivity (Wildman–Crippen MR) is 33.0 cm³/mol. The Kier molecular flexibility index (Phi) is 2.03. The zero-order valence-corrected chi connectivity index (χ0v) is 5.47. The lowest BCUT2D eigenvalue weighted by Gasteiger charge is -2.11. The van der Waals surface area contributed by atoms with Crippen molar-refractivity contribution in [1.29, 1.82) is 0 Å². The molecule has 1 rings (SSSR count). The summed E-state index contributed by atoms with van der Waals surface area (Å²) in [6.45, 7) is 2.07. The van der Waals surface area contributed by atoms with E-state index in [1.807, 2.05) is 0 Å². The highest BCUT2D eigenvalue weighted by atomic mass is 19.1. The monoisotopic (exact) mass is 133 g/mol. The fraction of sp³-hybridized carbons (Fsp3) is 1.00. The minimum absolute atomic E-state index is 0.0278. The van der Waals surface area contributed by atoms with Crippen molar-refractivity contribution in [1.82, 2.24) is 5.32 Å². The van der Waals surface area contributed by atoms with Crippen molar-refractivity contribution < 1.29 is 9.50 Å². The first-order valence-electron chi connectivity index (χ1n) is 3.25. The van der Waals surface area contributed by atoms with E-state index >= 15 is 0 Å². The van der Waals surface area contributed by atoms with Crippen molar-refractivity contribution in [2.24, 2.45) is 0 Å². The van der Waals surface area contributed by atoms with Crippen LogP contribution in [0.4, 0.5) is 4.39 Å². The summed E-state index contributed by atoms with van der Waals surface area (Å²) in [6.07, 6.45) is -0.729. The van der Waals surface area contributed by atoms with Gasteiger partial charge in [0.1, 0.15) is 6.17 Å². The second kappa shape index (κ2) is 2.62. The van der Waals surface area contributed by atoms with Crippen LogP contribution in [0, 0.1) is 0 Å². The molecule has 1 aliphatic heterocycles. The quantitative estimate of drug-likeness (QED) is 0.530. The summed E-state index contributed by atoms with van der Waals surface area (Å²) in [5, 5.41) is 11.8. The second-order valence-corrected chi connectivity index (χ2v) is 2.59. The lowest BCUT2D eigenvalue weighted by molar-refractivity contribution is 0.151. The van der Waals surface area contributed by atoms with E-state index in [9.17, 15) is 4.39 Å². The Hall–Kier alpha value is -0.150. The smallest absolute Gasteiger partial charge is 0.114 e. The van der Waals surface area contributed by atoms with E-state index in [1.54, 1.807) is 6.92 Å². The van der Waals surface area contributed by atoms with Gasteiger partial charge in [-0.25, -0.2) is 4.39 Å². The Labute approximate surface area is 54.1 Å². The fourth-order valence-electron chi connectivity index (χ4n) is 1.09. The molecule has 0 aromatic carbocycles. The van der Waals surface area contributed by atoms with Gasteiger partial charge in [0.15, 0.2) is 0 Å². The van der Waals surface area contributed by atoms with Gasteiger partial charge in [0.25, 0.3) is 0 Å². The van der Waals surface area contributed by atoms with Crippen LogP contribution in [0.3, 0.4) is 0 Å². The molecule has 1 fully saturated rings. The first-order chi connectivity index (χ1) is 4.20. The van der Waals surface area contributed by atoms with Crippen molar-refractivity contribution in [3.8, 4) is 0 Å². The molecular weight excluding hydrogens is 121 g/mol. The van der Waals surface area contributed by atoms with Gasteiger partial charge in [-0.15, -0.1) is 0 Å². The third kappa shape index (κ3) is 1.63. The molecule has 0 aromatic rings. The number of aliphatic hydroxyl groups is 1. The van der Waals surface area contributed by atoms with Gasteiger partial charge in [0.2, 0.25) is 0 Å². The number of hydrogen-bond acceptors (Lipinski definition) is 2. The normalized spacial score (nSPS) is 39.0. The summed E-state index contributed by atoms with van der Waals surface area (Å²) in [7, 11) is 0. The Morgan fingerprint density at radius 1 is 1.78 bits per heavy atom. The van der Waals surface area contributed by atoms with Crippen molar-refractivity contribution in [2.45, 2.75) is 31.7 Å². The molecular formula is C6H12FNO. The Bertz CT molecular complexity index is 97.1. The molecule has 2 N–H and O–H groups in total.